The van der Waals surface area contributed by atoms with Gasteiger partial charge >= 0.3 is 0 Å². The van der Waals surface area contributed by atoms with Gasteiger partial charge in [0, 0.05) is 13.0 Å². The first-order valence-electron chi connectivity index (χ1n) is 6.17. The number of Topliss-reactive ketones (excluding diaryl/α,β-unsaturated/α-hetero) is 1. The second kappa shape index (κ2) is 5.04. The van der Waals surface area contributed by atoms with E-state index in [1.165, 1.54) is 11.1 Å². The molecule has 2 nitrogen and oxygen atoms in total. The summed E-state index contributed by atoms with van der Waals surface area (Å²) in [5.41, 5.74) is 3.75. The molecule has 1 aromatic heterocycles. The van der Waals surface area contributed by atoms with Crippen LogP contribution in [0.4, 0.5) is 0 Å². The fraction of sp³-hybridized carbons (Fsp3) is 0.267. The molecule has 0 bridgehead atoms. The smallest absolute Gasteiger partial charge is 0.154 e. The van der Waals surface area contributed by atoms with Crippen LogP contribution in [0.25, 0.3) is 0 Å². The number of hydrogen-bond acceptors (Lipinski definition) is 3. The summed E-state index contributed by atoms with van der Waals surface area (Å²) < 4.78 is 0. The van der Waals surface area contributed by atoms with Crippen LogP contribution in [0.15, 0.2) is 41.1 Å². The molecule has 0 fully saturated rings. The molecule has 0 aliphatic carbocycles. The summed E-state index contributed by atoms with van der Waals surface area (Å²) >= 11 is 1.64. The lowest BCUT2D eigenvalue weighted by Crippen LogP contribution is -2.42. The third-order valence-corrected chi connectivity index (χ3v) is 4.16. The fourth-order valence-corrected chi connectivity index (χ4v) is 3.07. The molecule has 0 saturated heterocycles. The lowest BCUT2D eigenvalue weighted by Gasteiger charge is -2.25. The van der Waals surface area contributed by atoms with Gasteiger partial charge in [-0.25, -0.2) is 0 Å². The van der Waals surface area contributed by atoms with Crippen LogP contribution in [0, 0.1) is 0 Å². The molecule has 1 aromatic carbocycles. The fourth-order valence-electron chi connectivity index (χ4n) is 2.40. The number of hydrogen-bond donors (Lipinski definition) is 1. The number of ketones is 1. The Morgan fingerprint density at radius 1 is 1.28 bits per heavy atom. The summed E-state index contributed by atoms with van der Waals surface area (Å²) in [6.07, 6.45) is 1.36. The molecule has 18 heavy (non-hydrogen) atoms. The number of carbonyl (C=O) groups is 1. The molecule has 3 rings (SSSR count). The van der Waals surface area contributed by atoms with E-state index in [9.17, 15) is 4.79 Å². The van der Waals surface area contributed by atoms with Crippen LogP contribution in [0.1, 0.15) is 16.7 Å². The third-order valence-electron chi connectivity index (χ3n) is 3.43. The minimum absolute atomic E-state index is 0.0280. The Balaban J connectivity index is 1.70. The highest BCUT2D eigenvalue weighted by Gasteiger charge is 2.23. The van der Waals surface area contributed by atoms with Crippen molar-refractivity contribution in [2.45, 2.75) is 25.4 Å². The monoisotopic (exact) mass is 257 g/mol. The first-order chi connectivity index (χ1) is 8.83. The second-order valence-electron chi connectivity index (χ2n) is 4.68. The molecule has 0 amide bonds. The number of rotatable bonds is 3. The zero-order chi connectivity index (χ0) is 12.4. The highest BCUT2D eigenvalue weighted by atomic mass is 32.1. The molecule has 1 N–H and O–H groups in total. The van der Waals surface area contributed by atoms with Crippen molar-refractivity contribution in [1.29, 1.82) is 0 Å². The largest absolute Gasteiger partial charge is 0.303 e. The van der Waals surface area contributed by atoms with E-state index < -0.39 is 0 Å². The van der Waals surface area contributed by atoms with Crippen LogP contribution in [0.5, 0.6) is 0 Å². The molecule has 92 valence electrons. The van der Waals surface area contributed by atoms with Gasteiger partial charge in [-0.15, -0.1) is 0 Å². The van der Waals surface area contributed by atoms with E-state index in [1.54, 1.807) is 11.3 Å². The highest BCUT2D eigenvalue weighted by molar-refractivity contribution is 7.08. The third kappa shape index (κ3) is 2.37. The van der Waals surface area contributed by atoms with Crippen LogP contribution < -0.4 is 5.32 Å². The number of benzene rings is 1. The maximum absolute atomic E-state index is 12.2. The quantitative estimate of drug-likeness (QED) is 0.915. The molecular weight excluding hydrogens is 242 g/mol. The zero-order valence-electron chi connectivity index (χ0n) is 10.1. The van der Waals surface area contributed by atoms with Gasteiger partial charge in [0.25, 0.3) is 0 Å². The molecule has 1 unspecified atom stereocenters. The summed E-state index contributed by atoms with van der Waals surface area (Å²) in [4.78, 5) is 12.2. The van der Waals surface area contributed by atoms with Gasteiger partial charge in [-0.2, -0.15) is 11.3 Å². The van der Waals surface area contributed by atoms with Gasteiger partial charge < -0.3 is 5.32 Å². The van der Waals surface area contributed by atoms with Gasteiger partial charge in [0.2, 0.25) is 0 Å². The minimum atomic E-state index is -0.0280. The van der Waals surface area contributed by atoms with E-state index >= 15 is 0 Å². The van der Waals surface area contributed by atoms with E-state index in [1.807, 2.05) is 23.6 Å². The van der Waals surface area contributed by atoms with Crippen molar-refractivity contribution >= 4 is 17.1 Å². The Kier molecular flexibility index (Phi) is 3.26. The zero-order valence-corrected chi connectivity index (χ0v) is 10.9. The molecule has 0 spiro atoms. The van der Waals surface area contributed by atoms with Crippen molar-refractivity contribution in [2.24, 2.45) is 0 Å². The normalized spacial score (nSPS) is 18.3. The molecule has 2 heterocycles. The predicted octanol–water partition coefficient (Wildman–Crippen LogP) is 2.57. The van der Waals surface area contributed by atoms with Crippen molar-refractivity contribution in [3.8, 4) is 0 Å². The Morgan fingerprint density at radius 3 is 2.89 bits per heavy atom. The van der Waals surface area contributed by atoms with Crippen LogP contribution in [0.3, 0.4) is 0 Å². The maximum Gasteiger partial charge on any atom is 0.154 e. The van der Waals surface area contributed by atoms with Gasteiger partial charge in [0.15, 0.2) is 5.78 Å². The van der Waals surface area contributed by atoms with Gasteiger partial charge in [-0.1, -0.05) is 24.3 Å². The SMILES string of the molecule is O=C(Cc1ccsc1)C1Cc2ccccc2CN1. The van der Waals surface area contributed by atoms with Crippen molar-refractivity contribution < 1.29 is 4.79 Å². The summed E-state index contributed by atoms with van der Waals surface area (Å²) in [5.74, 6) is 0.294. The van der Waals surface area contributed by atoms with Gasteiger partial charge in [-0.05, 0) is 39.9 Å². The van der Waals surface area contributed by atoms with Gasteiger partial charge in [0.1, 0.15) is 0 Å². The lowest BCUT2D eigenvalue weighted by molar-refractivity contribution is -0.120. The van der Waals surface area contributed by atoms with Crippen LogP contribution in [-0.4, -0.2) is 11.8 Å². The van der Waals surface area contributed by atoms with Crippen LogP contribution >= 0.6 is 11.3 Å². The standard InChI is InChI=1S/C15H15NOS/c17-15(7-11-5-6-18-10-11)14-8-12-3-1-2-4-13(12)9-16-14/h1-6,10,14,16H,7-9H2. The van der Waals surface area contributed by atoms with Crippen molar-refractivity contribution in [3.63, 3.8) is 0 Å². The lowest BCUT2D eigenvalue weighted by atomic mass is 9.92. The Morgan fingerprint density at radius 2 is 2.11 bits per heavy atom. The van der Waals surface area contributed by atoms with Crippen LogP contribution in [-0.2, 0) is 24.2 Å². The van der Waals surface area contributed by atoms with E-state index in [2.05, 4.69) is 22.8 Å². The molecule has 3 heteroatoms. The first-order valence-corrected chi connectivity index (χ1v) is 7.11. The molecule has 2 aromatic rings. The molecule has 1 atom stereocenters. The number of nitrogens with one attached hydrogen (secondary N) is 1. The Bertz CT molecular complexity index is 547. The Hall–Kier alpha value is -1.45. The summed E-state index contributed by atoms with van der Waals surface area (Å²) in [6.45, 7) is 0.802. The van der Waals surface area contributed by atoms with Gasteiger partial charge in [-0.3, -0.25) is 4.79 Å². The molecule has 0 saturated carbocycles. The molecule has 1 aliphatic heterocycles. The number of fused-ring (bicyclic) bond motifs is 1. The highest BCUT2D eigenvalue weighted by Crippen LogP contribution is 2.18. The van der Waals surface area contributed by atoms with Crippen molar-refractivity contribution in [2.75, 3.05) is 0 Å². The summed E-state index contributed by atoms with van der Waals surface area (Å²) in [6, 6.07) is 10.3. The second-order valence-corrected chi connectivity index (χ2v) is 5.46. The molecule has 1 aliphatic rings. The van der Waals surface area contributed by atoms with Crippen molar-refractivity contribution in [1.82, 2.24) is 5.32 Å². The topological polar surface area (TPSA) is 29.1 Å². The molecular formula is C15H15NOS. The van der Waals surface area contributed by atoms with Crippen molar-refractivity contribution in [3.05, 3.63) is 57.8 Å². The Labute approximate surface area is 111 Å². The maximum atomic E-state index is 12.2. The van der Waals surface area contributed by atoms with E-state index in [0.29, 0.717) is 12.2 Å². The van der Waals surface area contributed by atoms with Gasteiger partial charge in [0.05, 0.1) is 6.04 Å². The van der Waals surface area contributed by atoms with E-state index in [4.69, 9.17) is 0 Å². The number of thiophene rings is 1. The average molecular weight is 257 g/mol. The molecule has 0 radical (unpaired) electrons. The number of carbonyl (C=O) groups excluding carboxylic acids is 1. The first kappa shape index (κ1) is 11.6. The average Bonchev–Trinajstić information content (AvgIpc) is 2.91. The van der Waals surface area contributed by atoms with E-state index in [0.717, 1.165) is 18.5 Å². The van der Waals surface area contributed by atoms with Crippen LogP contribution in [0.2, 0.25) is 0 Å². The summed E-state index contributed by atoms with van der Waals surface area (Å²) in [5, 5.41) is 7.41. The summed E-state index contributed by atoms with van der Waals surface area (Å²) in [7, 11) is 0. The minimum Gasteiger partial charge on any atom is -0.303 e. The van der Waals surface area contributed by atoms with E-state index in [-0.39, 0.29) is 6.04 Å². The predicted molar refractivity (Wildman–Crippen MR) is 73.8 cm³/mol.